The second-order valence-corrected chi connectivity index (χ2v) is 5.87. The van der Waals surface area contributed by atoms with Gasteiger partial charge in [0.15, 0.2) is 0 Å². The maximum Gasteiger partial charge on any atom is 0.225 e. The van der Waals surface area contributed by atoms with E-state index in [1.807, 2.05) is 25.1 Å². The van der Waals surface area contributed by atoms with Gasteiger partial charge in [-0.1, -0.05) is 17.7 Å². The van der Waals surface area contributed by atoms with E-state index in [0.717, 1.165) is 5.56 Å². The third kappa shape index (κ3) is 5.52. The van der Waals surface area contributed by atoms with Crippen molar-refractivity contribution in [1.29, 1.82) is 0 Å². The quantitative estimate of drug-likeness (QED) is 0.879. The number of hydrogen-bond donors (Lipinski definition) is 2. The van der Waals surface area contributed by atoms with Crippen LogP contribution in [0.25, 0.3) is 0 Å². The van der Waals surface area contributed by atoms with E-state index >= 15 is 0 Å². The third-order valence-electron chi connectivity index (χ3n) is 2.41. The van der Waals surface area contributed by atoms with Crippen molar-refractivity contribution in [2.24, 2.45) is 0 Å². The van der Waals surface area contributed by atoms with E-state index in [1.54, 1.807) is 0 Å². The number of anilines is 1. The van der Waals surface area contributed by atoms with Gasteiger partial charge in [-0.15, -0.1) is 0 Å². The van der Waals surface area contributed by atoms with Crippen LogP contribution in [0.3, 0.4) is 0 Å². The van der Waals surface area contributed by atoms with Gasteiger partial charge in [-0.3, -0.25) is 4.79 Å². The van der Waals surface area contributed by atoms with Crippen LogP contribution in [0.1, 0.15) is 32.8 Å². The molecule has 100 valence electrons. The van der Waals surface area contributed by atoms with Crippen molar-refractivity contribution in [3.63, 3.8) is 0 Å². The molecule has 0 radical (unpaired) electrons. The van der Waals surface area contributed by atoms with Gasteiger partial charge in [-0.05, 0) is 45.4 Å². The summed E-state index contributed by atoms with van der Waals surface area (Å²) < 4.78 is 0. The minimum Gasteiger partial charge on any atom is -0.325 e. The fourth-order valence-corrected chi connectivity index (χ4v) is 1.77. The highest BCUT2D eigenvalue weighted by Gasteiger charge is 2.10. The molecule has 1 amide bonds. The van der Waals surface area contributed by atoms with Crippen molar-refractivity contribution in [1.82, 2.24) is 5.32 Å². The van der Waals surface area contributed by atoms with E-state index in [-0.39, 0.29) is 11.4 Å². The summed E-state index contributed by atoms with van der Waals surface area (Å²) >= 11 is 6.05. The van der Waals surface area contributed by atoms with Crippen LogP contribution in [0.15, 0.2) is 18.2 Å². The van der Waals surface area contributed by atoms with Gasteiger partial charge in [0.1, 0.15) is 0 Å². The molecular weight excluding hydrogens is 248 g/mol. The zero-order valence-corrected chi connectivity index (χ0v) is 12.2. The molecule has 0 aliphatic rings. The second kappa shape index (κ2) is 6.21. The van der Waals surface area contributed by atoms with E-state index in [9.17, 15) is 4.79 Å². The summed E-state index contributed by atoms with van der Waals surface area (Å²) in [7, 11) is 0. The van der Waals surface area contributed by atoms with Crippen molar-refractivity contribution in [3.8, 4) is 0 Å². The number of carbonyl (C=O) groups excluding carboxylic acids is 1. The standard InChI is InChI=1S/C14H21ClN2O/c1-10-5-6-12(11(15)9-10)17-13(18)7-8-16-14(2,3)4/h5-6,9,16H,7-8H2,1-4H3,(H,17,18). The Balaban J connectivity index is 2.45. The molecule has 0 spiro atoms. The zero-order valence-electron chi connectivity index (χ0n) is 11.4. The summed E-state index contributed by atoms with van der Waals surface area (Å²) in [4.78, 5) is 11.7. The van der Waals surface area contributed by atoms with Crippen LogP contribution in [-0.4, -0.2) is 18.0 Å². The van der Waals surface area contributed by atoms with Gasteiger partial charge in [0.2, 0.25) is 5.91 Å². The Morgan fingerprint density at radius 2 is 2.00 bits per heavy atom. The first-order chi connectivity index (χ1) is 8.28. The van der Waals surface area contributed by atoms with E-state index in [4.69, 9.17) is 11.6 Å². The molecule has 3 nitrogen and oxygen atoms in total. The lowest BCUT2D eigenvalue weighted by Gasteiger charge is -2.20. The van der Waals surface area contributed by atoms with Crippen LogP contribution < -0.4 is 10.6 Å². The van der Waals surface area contributed by atoms with Gasteiger partial charge < -0.3 is 10.6 Å². The second-order valence-electron chi connectivity index (χ2n) is 5.46. The van der Waals surface area contributed by atoms with Crippen LogP contribution in [-0.2, 0) is 4.79 Å². The molecule has 0 aliphatic carbocycles. The Hall–Kier alpha value is -1.06. The summed E-state index contributed by atoms with van der Waals surface area (Å²) in [6.07, 6.45) is 0.432. The van der Waals surface area contributed by atoms with Gasteiger partial charge in [0.25, 0.3) is 0 Å². The SMILES string of the molecule is Cc1ccc(NC(=O)CCNC(C)(C)C)c(Cl)c1. The minimum atomic E-state index is -0.0301. The number of nitrogens with one attached hydrogen (secondary N) is 2. The number of aryl methyl sites for hydroxylation is 1. The first-order valence-corrected chi connectivity index (χ1v) is 6.47. The van der Waals surface area contributed by atoms with Gasteiger partial charge in [0.05, 0.1) is 10.7 Å². The summed E-state index contributed by atoms with van der Waals surface area (Å²) in [5.41, 5.74) is 1.78. The maximum absolute atomic E-state index is 11.7. The van der Waals surface area contributed by atoms with E-state index < -0.39 is 0 Å². The van der Waals surface area contributed by atoms with Gasteiger partial charge in [-0.25, -0.2) is 0 Å². The van der Waals surface area contributed by atoms with Crippen molar-refractivity contribution >= 4 is 23.2 Å². The lowest BCUT2D eigenvalue weighted by atomic mass is 10.1. The highest BCUT2D eigenvalue weighted by atomic mass is 35.5. The number of rotatable bonds is 4. The molecule has 2 N–H and O–H groups in total. The zero-order chi connectivity index (χ0) is 13.8. The van der Waals surface area contributed by atoms with Crippen molar-refractivity contribution in [2.75, 3.05) is 11.9 Å². The monoisotopic (exact) mass is 268 g/mol. The average molecular weight is 269 g/mol. The molecule has 0 fully saturated rings. The lowest BCUT2D eigenvalue weighted by molar-refractivity contribution is -0.116. The van der Waals surface area contributed by atoms with E-state index in [0.29, 0.717) is 23.7 Å². The Morgan fingerprint density at radius 3 is 2.56 bits per heavy atom. The van der Waals surface area contributed by atoms with Crippen LogP contribution in [0.2, 0.25) is 5.02 Å². The molecule has 1 aromatic rings. The number of hydrogen-bond acceptors (Lipinski definition) is 2. The Morgan fingerprint density at radius 1 is 1.33 bits per heavy atom. The molecule has 0 saturated carbocycles. The summed E-state index contributed by atoms with van der Waals surface area (Å²) in [6, 6.07) is 5.59. The first-order valence-electron chi connectivity index (χ1n) is 6.09. The maximum atomic E-state index is 11.7. The van der Waals surface area contributed by atoms with Gasteiger partial charge in [0, 0.05) is 18.5 Å². The average Bonchev–Trinajstić information content (AvgIpc) is 2.20. The molecule has 0 aromatic heterocycles. The minimum absolute atomic E-state index is 0.0295. The van der Waals surface area contributed by atoms with E-state index in [2.05, 4.69) is 31.4 Å². The molecule has 0 aliphatic heterocycles. The third-order valence-corrected chi connectivity index (χ3v) is 2.72. The topological polar surface area (TPSA) is 41.1 Å². The highest BCUT2D eigenvalue weighted by Crippen LogP contribution is 2.22. The fraction of sp³-hybridized carbons (Fsp3) is 0.500. The summed E-state index contributed by atoms with van der Waals surface area (Å²) in [6.45, 7) is 8.83. The highest BCUT2D eigenvalue weighted by molar-refractivity contribution is 6.33. The van der Waals surface area contributed by atoms with Crippen LogP contribution in [0.4, 0.5) is 5.69 Å². The van der Waals surface area contributed by atoms with Gasteiger partial charge in [-0.2, -0.15) is 0 Å². The Labute approximate surface area is 114 Å². The molecular formula is C14H21ClN2O. The first kappa shape index (κ1) is 15.0. The molecule has 1 rings (SSSR count). The molecule has 4 heteroatoms. The summed E-state index contributed by atoms with van der Waals surface area (Å²) in [5, 5.41) is 6.66. The molecule has 0 atom stereocenters. The Kier molecular flexibility index (Phi) is 5.17. The van der Waals surface area contributed by atoms with Gasteiger partial charge >= 0.3 is 0 Å². The predicted molar refractivity (Wildman–Crippen MR) is 77.2 cm³/mol. The molecule has 0 bridgehead atoms. The number of amides is 1. The van der Waals surface area contributed by atoms with Crippen LogP contribution in [0.5, 0.6) is 0 Å². The number of benzene rings is 1. The molecule has 0 saturated heterocycles. The number of halogens is 1. The van der Waals surface area contributed by atoms with Crippen LogP contribution >= 0.6 is 11.6 Å². The molecule has 0 unspecified atom stereocenters. The molecule has 0 heterocycles. The molecule has 1 aromatic carbocycles. The van der Waals surface area contributed by atoms with Crippen LogP contribution in [0, 0.1) is 6.92 Å². The smallest absolute Gasteiger partial charge is 0.225 e. The number of carbonyl (C=O) groups is 1. The Bertz CT molecular complexity index is 424. The predicted octanol–water partition coefficient (Wildman–Crippen LogP) is 3.37. The lowest BCUT2D eigenvalue weighted by Crippen LogP contribution is -2.37. The summed E-state index contributed by atoms with van der Waals surface area (Å²) in [5.74, 6) is -0.0301. The van der Waals surface area contributed by atoms with Crippen molar-refractivity contribution in [3.05, 3.63) is 28.8 Å². The largest absolute Gasteiger partial charge is 0.325 e. The van der Waals surface area contributed by atoms with Crippen molar-refractivity contribution in [2.45, 2.75) is 39.7 Å². The van der Waals surface area contributed by atoms with Crippen molar-refractivity contribution < 1.29 is 4.79 Å². The fourth-order valence-electron chi connectivity index (χ4n) is 1.49. The molecule has 18 heavy (non-hydrogen) atoms. The normalized spacial score (nSPS) is 11.4. The van der Waals surface area contributed by atoms with E-state index in [1.165, 1.54) is 0 Å².